The van der Waals surface area contributed by atoms with E-state index in [1.165, 1.54) is 16.5 Å². The van der Waals surface area contributed by atoms with E-state index in [9.17, 15) is 0 Å². The minimum Gasteiger partial charge on any atom is -0.397 e. The summed E-state index contributed by atoms with van der Waals surface area (Å²) in [4.78, 5) is 9.06. The molecule has 122 valence electrons. The SMILES string of the molecule is CCCc1cc(NCc2c[nH]c3ccccc23)nc2scc(N)c12. The zero-order chi connectivity index (χ0) is 16.5. The Balaban J connectivity index is 1.64. The molecule has 0 radical (unpaired) electrons. The number of para-hydroxylation sites is 1. The standard InChI is InChI=1S/C19H20N4S/c1-2-5-12-8-17(23-19-18(12)15(20)11-24-19)22-10-13-9-21-16-7-4-3-6-14(13)16/h3-4,6-9,11,21H,2,5,10,20H2,1H3,(H,22,23). The lowest BCUT2D eigenvalue weighted by Gasteiger charge is -2.09. The van der Waals surface area contributed by atoms with Gasteiger partial charge in [-0.15, -0.1) is 11.3 Å². The van der Waals surface area contributed by atoms with Crippen molar-refractivity contribution in [3.05, 3.63) is 53.0 Å². The predicted molar refractivity (Wildman–Crippen MR) is 104 cm³/mol. The summed E-state index contributed by atoms with van der Waals surface area (Å²) in [5, 5.41) is 7.84. The highest BCUT2D eigenvalue weighted by Crippen LogP contribution is 2.32. The Morgan fingerprint density at radius 2 is 2.12 bits per heavy atom. The third-order valence-electron chi connectivity index (χ3n) is 4.31. The van der Waals surface area contributed by atoms with Crippen LogP contribution in [-0.2, 0) is 13.0 Å². The number of aryl methyl sites for hydroxylation is 1. The van der Waals surface area contributed by atoms with Crippen LogP contribution in [0, 0.1) is 0 Å². The highest BCUT2D eigenvalue weighted by molar-refractivity contribution is 7.17. The molecule has 0 saturated carbocycles. The average Bonchev–Trinajstić information content (AvgIpc) is 3.17. The van der Waals surface area contributed by atoms with Gasteiger partial charge < -0.3 is 16.0 Å². The molecular weight excluding hydrogens is 316 g/mol. The second-order valence-corrected chi connectivity index (χ2v) is 6.86. The first-order chi connectivity index (χ1) is 11.8. The third kappa shape index (κ3) is 2.61. The molecule has 0 aliphatic heterocycles. The Hall–Kier alpha value is -2.53. The van der Waals surface area contributed by atoms with E-state index in [1.807, 2.05) is 11.4 Å². The van der Waals surface area contributed by atoms with E-state index in [1.54, 1.807) is 11.3 Å². The van der Waals surface area contributed by atoms with E-state index in [2.05, 4.69) is 47.7 Å². The predicted octanol–water partition coefficient (Wildman–Crippen LogP) is 4.92. The lowest BCUT2D eigenvalue weighted by Crippen LogP contribution is -2.02. The van der Waals surface area contributed by atoms with Crippen LogP contribution >= 0.6 is 11.3 Å². The van der Waals surface area contributed by atoms with Gasteiger partial charge in [0.15, 0.2) is 0 Å². The second-order valence-electron chi connectivity index (χ2n) is 6.00. The molecule has 3 heterocycles. The lowest BCUT2D eigenvalue weighted by atomic mass is 10.1. The summed E-state index contributed by atoms with van der Waals surface area (Å²) in [6.07, 6.45) is 4.17. The number of nitrogens with zero attached hydrogens (tertiary/aromatic N) is 1. The van der Waals surface area contributed by atoms with Crippen molar-refractivity contribution in [3.8, 4) is 0 Å². The van der Waals surface area contributed by atoms with Crippen molar-refractivity contribution in [3.63, 3.8) is 0 Å². The summed E-state index contributed by atoms with van der Waals surface area (Å²) < 4.78 is 0. The molecule has 0 aliphatic rings. The minimum atomic E-state index is 0.745. The maximum Gasteiger partial charge on any atom is 0.128 e. The molecule has 5 heteroatoms. The van der Waals surface area contributed by atoms with Crippen LogP contribution in [0.1, 0.15) is 24.5 Å². The minimum absolute atomic E-state index is 0.745. The van der Waals surface area contributed by atoms with Crippen molar-refractivity contribution >= 4 is 44.0 Å². The number of benzene rings is 1. The molecule has 0 amide bonds. The molecule has 0 atom stereocenters. The molecule has 0 saturated heterocycles. The Morgan fingerprint density at radius 3 is 3.00 bits per heavy atom. The second kappa shape index (κ2) is 6.17. The molecule has 0 bridgehead atoms. The number of aromatic amines is 1. The number of thiophene rings is 1. The summed E-state index contributed by atoms with van der Waals surface area (Å²) >= 11 is 1.61. The fraction of sp³-hybridized carbons (Fsp3) is 0.211. The van der Waals surface area contributed by atoms with Crippen LogP contribution in [0.5, 0.6) is 0 Å². The molecule has 4 N–H and O–H groups in total. The first kappa shape index (κ1) is 15.0. The molecule has 3 aromatic heterocycles. The molecule has 0 spiro atoms. The Kier molecular flexibility index (Phi) is 3.86. The quantitative estimate of drug-likeness (QED) is 0.484. The number of pyridine rings is 1. The fourth-order valence-electron chi connectivity index (χ4n) is 3.17. The number of rotatable bonds is 5. The first-order valence-corrected chi connectivity index (χ1v) is 9.09. The summed E-state index contributed by atoms with van der Waals surface area (Å²) in [6, 6.07) is 10.5. The van der Waals surface area contributed by atoms with E-state index in [-0.39, 0.29) is 0 Å². The van der Waals surface area contributed by atoms with Gasteiger partial charge in [-0.25, -0.2) is 4.98 Å². The number of hydrogen-bond acceptors (Lipinski definition) is 4. The lowest BCUT2D eigenvalue weighted by molar-refractivity contribution is 0.928. The van der Waals surface area contributed by atoms with Gasteiger partial charge in [0.05, 0.1) is 5.69 Å². The van der Waals surface area contributed by atoms with Crippen LogP contribution < -0.4 is 11.1 Å². The highest BCUT2D eigenvalue weighted by Gasteiger charge is 2.11. The normalized spacial score (nSPS) is 11.4. The van der Waals surface area contributed by atoms with Crippen LogP contribution in [0.3, 0.4) is 0 Å². The van der Waals surface area contributed by atoms with Gasteiger partial charge in [0.2, 0.25) is 0 Å². The third-order valence-corrected chi connectivity index (χ3v) is 5.20. The molecule has 24 heavy (non-hydrogen) atoms. The molecule has 0 unspecified atom stereocenters. The largest absolute Gasteiger partial charge is 0.397 e. The van der Waals surface area contributed by atoms with Crippen molar-refractivity contribution in [2.45, 2.75) is 26.3 Å². The van der Waals surface area contributed by atoms with Gasteiger partial charge in [-0.2, -0.15) is 0 Å². The van der Waals surface area contributed by atoms with Crippen LogP contribution in [0.25, 0.3) is 21.1 Å². The Morgan fingerprint density at radius 1 is 1.25 bits per heavy atom. The van der Waals surface area contributed by atoms with Crippen molar-refractivity contribution in [1.82, 2.24) is 9.97 Å². The zero-order valence-corrected chi connectivity index (χ0v) is 14.4. The number of hydrogen-bond donors (Lipinski definition) is 3. The highest BCUT2D eigenvalue weighted by atomic mass is 32.1. The number of nitrogens with two attached hydrogens (primary N) is 1. The average molecular weight is 336 g/mol. The number of fused-ring (bicyclic) bond motifs is 2. The van der Waals surface area contributed by atoms with E-state index in [4.69, 9.17) is 10.7 Å². The van der Waals surface area contributed by atoms with Crippen LogP contribution in [-0.4, -0.2) is 9.97 Å². The topological polar surface area (TPSA) is 66.7 Å². The maximum absolute atomic E-state index is 6.12. The number of anilines is 2. The van der Waals surface area contributed by atoms with Gasteiger partial charge in [0.25, 0.3) is 0 Å². The van der Waals surface area contributed by atoms with Gasteiger partial charge in [-0.05, 0) is 29.7 Å². The van der Waals surface area contributed by atoms with Crippen LogP contribution in [0.4, 0.5) is 11.5 Å². The molecule has 1 aromatic carbocycles. The van der Waals surface area contributed by atoms with Crippen molar-refractivity contribution in [2.75, 3.05) is 11.1 Å². The number of H-pyrrole nitrogens is 1. The fourth-order valence-corrected chi connectivity index (χ4v) is 4.04. The van der Waals surface area contributed by atoms with Crippen molar-refractivity contribution < 1.29 is 0 Å². The van der Waals surface area contributed by atoms with Gasteiger partial charge in [0, 0.05) is 34.4 Å². The number of nitrogens with one attached hydrogen (secondary N) is 2. The summed E-state index contributed by atoms with van der Waals surface area (Å²) in [5.41, 5.74) is 10.6. The zero-order valence-electron chi connectivity index (χ0n) is 13.6. The van der Waals surface area contributed by atoms with Crippen LogP contribution in [0.2, 0.25) is 0 Å². The smallest absolute Gasteiger partial charge is 0.128 e. The number of aromatic nitrogens is 2. The monoisotopic (exact) mass is 336 g/mol. The maximum atomic E-state index is 6.12. The molecule has 0 aliphatic carbocycles. The van der Waals surface area contributed by atoms with Crippen LogP contribution in [0.15, 0.2) is 41.9 Å². The number of nitrogen functional groups attached to an aromatic ring is 1. The molecule has 4 rings (SSSR count). The summed E-state index contributed by atoms with van der Waals surface area (Å²) in [7, 11) is 0. The van der Waals surface area contributed by atoms with E-state index < -0.39 is 0 Å². The molecule has 0 fully saturated rings. The van der Waals surface area contributed by atoms with E-state index >= 15 is 0 Å². The molecular formula is C19H20N4S. The van der Waals surface area contributed by atoms with E-state index in [0.717, 1.165) is 46.6 Å². The molecule has 4 aromatic rings. The van der Waals surface area contributed by atoms with E-state index in [0.29, 0.717) is 0 Å². The summed E-state index contributed by atoms with van der Waals surface area (Å²) in [6.45, 7) is 2.93. The van der Waals surface area contributed by atoms with Gasteiger partial charge in [0.1, 0.15) is 10.6 Å². The van der Waals surface area contributed by atoms with Gasteiger partial charge >= 0.3 is 0 Å². The first-order valence-electron chi connectivity index (χ1n) is 8.21. The van der Waals surface area contributed by atoms with Crippen molar-refractivity contribution in [1.29, 1.82) is 0 Å². The molecule has 4 nitrogen and oxygen atoms in total. The Labute approximate surface area is 144 Å². The Bertz CT molecular complexity index is 999. The van der Waals surface area contributed by atoms with Gasteiger partial charge in [-0.3, -0.25) is 0 Å². The summed E-state index contributed by atoms with van der Waals surface area (Å²) in [5.74, 6) is 0.915. The van der Waals surface area contributed by atoms with Gasteiger partial charge in [-0.1, -0.05) is 31.5 Å². The van der Waals surface area contributed by atoms with Crippen molar-refractivity contribution in [2.24, 2.45) is 0 Å².